The Bertz CT molecular complexity index is 712. The third-order valence-corrected chi connectivity index (χ3v) is 8.38. The van der Waals surface area contributed by atoms with E-state index in [2.05, 4.69) is 29.2 Å². The van der Waals surface area contributed by atoms with E-state index in [4.69, 9.17) is 4.74 Å². The first-order valence-electron chi connectivity index (χ1n) is 10.0. The van der Waals surface area contributed by atoms with Crippen molar-refractivity contribution in [3.63, 3.8) is 0 Å². The molecule has 0 spiro atoms. The third kappa shape index (κ3) is 4.14. The maximum Gasteiger partial charge on any atom is 0.217 e. The van der Waals surface area contributed by atoms with Crippen molar-refractivity contribution in [3.05, 3.63) is 35.4 Å². The van der Waals surface area contributed by atoms with Crippen LogP contribution in [-0.4, -0.2) is 61.8 Å². The number of benzene rings is 1. The van der Waals surface area contributed by atoms with Crippen molar-refractivity contribution in [2.24, 2.45) is 0 Å². The lowest BCUT2D eigenvalue weighted by Crippen LogP contribution is -2.46. The van der Waals surface area contributed by atoms with Crippen LogP contribution in [-0.2, 0) is 27.7 Å². The third-order valence-electron chi connectivity index (χ3n) is 5.93. The van der Waals surface area contributed by atoms with Gasteiger partial charge in [0.05, 0.1) is 5.25 Å². The van der Waals surface area contributed by atoms with Gasteiger partial charge in [0.25, 0.3) is 0 Å². The second-order valence-corrected chi connectivity index (χ2v) is 10.0. The minimum atomic E-state index is -3.12. The summed E-state index contributed by atoms with van der Waals surface area (Å²) >= 11 is 0. The van der Waals surface area contributed by atoms with Crippen LogP contribution in [0, 0.1) is 0 Å². The molecule has 0 atom stereocenters. The fourth-order valence-electron chi connectivity index (χ4n) is 4.24. The molecule has 0 bridgehead atoms. The van der Waals surface area contributed by atoms with E-state index < -0.39 is 10.0 Å². The molecule has 0 N–H and O–H groups in total. The van der Waals surface area contributed by atoms with Gasteiger partial charge in [-0.1, -0.05) is 24.3 Å². The average Bonchev–Trinajstić information content (AvgIpc) is 3.51. The van der Waals surface area contributed by atoms with Gasteiger partial charge in [0.2, 0.25) is 10.0 Å². The highest BCUT2D eigenvalue weighted by atomic mass is 32.2. The summed E-state index contributed by atoms with van der Waals surface area (Å²) in [5.41, 5.74) is 2.88. The normalized spacial score (nSPS) is 22.5. The molecule has 2 fully saturated rings. The molecule has 1 saturated carbocycles. The van der Waals surface area contributed by atoms with Crippen LogP contribution in [0.1, 0.15) is 43.2 Å². The Morgan fingerprint density at radius 3 is 2.54 bits per heavy atom. The zero-order valence-corrected chi connectivity index (χ0v) is 16.3. The number of sulfonamides is 1. The number of nitrogens with zero attached hydrogens (tertiary/aromatic N) is 2. The molecular weight excluding hydrogens is 348 g/mol. The average molecular weight is 379 g/mol. The molecular formula is C20H30N2O3S. The van der Waals surface area contributed by atoms with E-state index in [1.807, 2.05) is 4.31 Å². The monoisotopic (exact) mass is 378 g/mol. The van der Waals surface area contributed by atoms with E-state index >= 15 is 0 Å². The van der Waals surface area contributed by atoms with Crippen molar-refractivity contribution in [1.82, 2.24) is 9.21 Å². The Hall–Kier alpha value is -0.950. The van der Waals surface area contributed by atoms with Gasteiger partial charge in [0.1, 0.15) is 0 Å². The number of rotatable bonds is 7. The quantitative estimate of drug-likeness (QED) is 0.731. The second-order valence-electron chi connectivity index (χ2n) is 7.85. The Kier molecular flexibility index (Phi) is 5.64. The first-order chi connectivity index (χ1) is 12.6. The molecule has 2 heterocycles. The number of ether oxygens (including phenoxy) is 1. The molecule has 0 aromatic heterocycles. The molecule has 26 heavy (non-hydrogen) atoms. The summed E-state index contributed by atoms with van der Waals surface area (Å²) in [5, 5.41) is -0.118. The van der Waals surface area contributed by atoms with Crippen LogP contribution >= 0.6 is 0 Å². The molecule has 0 amide bonds. The maximum atomic E-state index is 12.9. The molecule has 5 nitrogen and oxygen atoms in total. The van der Waals surface area contributed by atoms with Crippen molar-refractivity contribution in [3.8, 4) is 0 Å². The van der Waals surface area contributed by atoms with Gasteiger partial charge in [-0.25, -0.2) is 8.42 Å². The van der Waals surface area contributed by atoms with Crippen molar-refractivity contribution in [2.75, 3.05) is 32.8 Å². The highest BCUT2D eigenvalue weighted by Crippen LogP contribution is 2.33. The zero-order chi connectivity index (χ0) is 18.0. The first-order valence-corrected chi connectivity index (χ1v) is 11.5. The van der Waals surface area contributed by atoms with E-state index in [1.165, 1.54) is 11.1 Å². The maximum absolute atomic E-state index is 12.9. The van der Waals surface area contributed by atoms with Gasteiger partial charge in [-0.3, -0.25) is 4.90 Å². The van der Waals surface area contributed by atoms with Crippen LogP contribution in [0.2, 0.25) is 0 Å². The van der Waals surface area contributed by atoms with Gasteiger partial charge in [-0.05, 0) is 56.2 Å². The van der Waals surface area contributed by atoms with E-state index in [-0.39, 0.29) is 11.3 Å². The lowest BCUT2D eigenvalue weighted by atomic mass is 10.00. The summed E-state index contributed by atoms with van der Waals surface area (Å²) in [6.45, 7) is 5.05. The van der Waals surface area contributed by atoms with Crippen LogP contribution in [0.4, 0.5) is 0 Å². The van der Waals surface area contributed by atoms with Gasteiger partial charge in [0.15, 0.2) is 0 Å². The summed E-state index contributed by atoms with van der Waals surface area (Å²) in [4.78, 5) is 2.47. The first kappa shape index (κ1) is 18.4. The largest absolute Gasteiger partial charge is 0.381 e. The summed E-state index contributed by atoms with van der Waals surface area (Å²) in [5.74, 6) is 0. The SMILES string of the molecule is O=S(=O)(C1CC1)N(CCCN1CCc2ccccc2C1)C1CCOCC1. The molecule has 4 rings (SSSR count). The molecule has 2 aliphatic heterocycles. The standard InChI is InChI=1S/C20H30N2O3S/c23-26(24,20-6-7-20)22(19-9-14-25-15-10-19)12-3-11-21-13-8-17-4-1-2-5-18(17)16-21/h1-2,4-5,19-20H,3,6-16H2. The molecule has 144 valence electrons. The van der Waals surface area contributed by atoms with Gasteiger partial charge in [-0.15, -0.1) is 0 Å². The molecule has 1 saturated heterocycles. The zero-order valence-electron chi connectivity index (χ0n) is 15.5. The molecule has 1 aliphatic carbocycles. The Balaban J connectivity index is 1.35. The molecule has 6 heteroatoms. The Morgan fingerprint density at radius 2 is 1.81 bits per heavy atom. The molecule has 1 aromatic rings. The summed E-state index contributed by atoms with van der Waals surface area (Å²) < 4.78 is 33.1. The number of hydrogen-bond donors (Lipinski definition) is 0. The Labute approximate surface area is 157 Å². The minimum Gasteiger partial charge on any atom is -0.381 e. The minimum absolute atomic E-state index is 0.118. The molecule has 3 aliphatic rings. The summed E-state index contributed by atoms with van der Waals surface area (Å²) in [6, 6.07) is 8.80. The van der Waals surface area contributed by atoms with E-state index in [9.17, 15) is 8.42 Å². The van der Waals surface area contributed by atoms with Gasteiger partial charge in [0, 0.05) is 38.9 Å². The fraction of sp³-hybridized carbons (Fsp3) is 0.700. The van der Waals surface area contributed by atoms with Crippen molar-refractivity contribution in [2.45, 2.75) is 56.4 Å². The van der Waals surface area contributed by atoms with Gasteiger partial charge >= 0.3 is 0 Å². The van der Waals surface area contributed by atoms with Crippen molar-refractivity contribution < 1.29 is 13.2 Å². The van der Waals surface area contributed by atoms with Crippen LogP contribution in [0.15, 0.2) is 24.3 Å². The second kappa shape index (κ2) is 7.97. The lowest BCUT2D eigenvalue weighted by molar-refractivity contribution is 0.0574. The number of fused-ring (bicyclic) bond motifs is 1. The van der Waals surface area contributed by atoms with Crippen LogP contribution < -0.4 is 0 Å². The number of hydrogen-bond acceptors (Lipinski definition) is 4. The van der Waals surface area contributed by atoms with Crippen LogP contribution in [0.25, 0.3) is 0 Å². The highest BCUT2D eigenvalue weighted by molar-refractivity contribution is 7.90. The van der Waals surface area contributed by atoms with Crippen LogP contribution in [0.3, 0.4) is 0 Å². The lowest BCUT2D eigenvalue weighted by Gasteiger charge is -2.34. The van der Waals surface area contributed by atoms with Crippen molar-refractivity contribution >= 4 is 10.0 Å². The van der Waals surface area contributed by atoms with E-state index in [0.29, 0.717) is 19.8 Å². The van der Waals surface area contributed by atoms with Crippen molar-refractivity contribution in [1.29, 1.82) is 0 Å². The fourth-order valence-corrected chi connectivity index (χ4v) is 6.37. The van der Waals surface area contributed by atoms with E-state index in [1.54, 1.807) is 0 Å². The van der Waals surface area contributed by atoms with Gasteiger partial charge < -0.3 is 4.74 Å². The van der Waals surface area contributed by atoms with Crippen LogP contribution in [0.5, 0.6) is 0 Å². The highest BCUT2D eigenvalue weighted by Gasteiger charge is 2.42. The summed E-state index contributed by atoms with van der Waals surface area (Å²) in [7, 11) is -3.12. The van der Waals surface area contributed by atoms with E-state index in [0.717, 1.165) is 58.2 Å². The molecule has 0 unspecified atom stereocenters. The predicted octanol–water partition coefficient (Wildman–Crippen LogP) is 2.41. The summed E-state index contributed by atoms with van der Waals surface area (Å²) in [6.07, 6.45) is 5.35. The van der Waals surface area contributed by atoms with Gasteiger partial charge in [-0.2, -0.15) is 4.31 Å². The molecule has 1 aromatic carbocycles. The predicted molar refractivity (Wildman–Crippen MR) is 103 cm³/mol. The Morgan fingerprint density at radius 1 is 1.08 bits per heavy atom. The topological polar surface area (TPSA) is 49.9 Å². The molecule has 0 radical (unpaired) electrons. The smallest absolute Gasteiger partial charge is 0.217 e.